The van der Waals surface area contributed by atoms with Crippen LogP contribution < -0.4 is 11.1 Å². The normalized spacial score (nSPS) is 10.1. The fourth-order valence-electron chi connectivity index (χ4n) is 1.62. The first-order chi connectivity index (χ1) is 8.56. The average Bonchev–Trinajstić information content (AvgIpc) is 2.34. The highest BCUT2D eigenvalue weighted by molar-refractivity contribution is 9.10. The van der Waals surface area contributed by atoms with Gasteiger partial charge in [0.2, 0.25) is 0 Å². The number of nitrogens with two attached hydrogens (primary N) is 1. The summed E-state index contributed by atoms with van der Waals surface area (Å²) in [6.07, 6.45) is 0. The van der Waals surface area contributed by atoms with Crippen molar-refractivity contribution in [1.29, 1.82) is 0 Å². The van der Waals surface area contributed by atoms with Gasteiger partial charge in [0.05, 0.1) is 5.69 Å². The quantitative estimate of drug-likeness (QED) is 0.833. The van der Waals surface area contributed by atoms with Crippen LogP contribution in [0.25, 0.3) is 0 Å². The Morgan fingerprint density at radius 1 is 1.22 bits per heavy atom. The summed E-state index contributed by atoms with van der Waals surface area (Å²) in [6, 6.07) is 12.7. The van der Waals surface area contributed by atoms with Crippen LogP contribution in [0, 0.1) is 6.92 Å². The van der Waals surface area contributed by atoms with Crippen molar-refractivity contribution in [3.8, 4) is 0 Å². The zero-order valence-corrected chi connectivity index (χ0v) is 11.5. The predicted molar refractivity (Wildman–Crippen MR) is 77.7 cm³/mol. The average molecular weight is 305 g/mol. The minimum Gasteiger partial charge on any atom is -0.399 e. The second-order valence-electron chi connectivity index (χ2n) is 4.06. The summed E-state index contributed by atoms with van der Waals surface area (Å²) in [6.45, 7) is 1.95. The Morgan fingerprint density at radius 2 is 2.00 bits per heavy atom. The van der Waals surface area contributed by atoms with Gasteiger partial charge in [-0.25, -0.2) is 0 Å². The lowest BCUT2D eigenvalue weighted by molar-refractivity contribution is 0.102. The Kier molecular flexibility index (Phi) is 3.67. The molecule has 0 bridgehead atoms. The van der Waals surface area contributed by atoms with E-state index in [1.165, 1.54) is 0 Å². The minimum atomic E-state index is -0.148. The van der Waals surface area contributed by atoms with Crippen molar-refractivity contribution in [2.45, 2.75) is 6.92 Å². The van der Waals surface area contributed by atoms with E-state index >= 15 is 0 Å². The number of hydrogen-bond donors (Lipinski definition) is 2. The minimum absolute atomic E-state index is 0.148. The Bertz CT molecular complexity index is 596. The maximum atomic E-state index is 12.1. The highest BCUT2D eigenvalue weighted by Gasteiger charge is 2.08. The van der Waals surface area contributed by atoms with Gasteiger partial charge >= 0.3 is 0 Å². The zero-order valence-electron chi connectivity index (χ0n) is 9.91. The van der Waals surface area contributed by atoms with Gasteiger partial charge in [0.1, 0.15) is 0 Å². The molecule has 0 unspecified atom stereocenters. The number of nitrogens with one attached hydrogen (secondary N) is 1. The number of carbonyl (C=O) groups excluding carboxylic acids is 1. The number of anilines is 2. The molecular formula is C14H13BrN2O. The van der Waals surface area contributed by atoms with Crippen LogP contribution in [0.4, 0.5) is 11.4 Å². The third-order valence-corrected chi connectivity index (χ3v) is 3.21. The van der Waals surface area contributed by atoms with Gasteiger partial charge in [-0.05, 0) is 53.2 Å². The highest BCUT2D eigenvalue weighted by Crippen LogP contribution is 2.25. The van der Waals surface area contributed by atoms with E-state index in [-0.39, 0.29) is 5.91 Å². The second-order valence-corrected chi connectivity index (χ2v) is 4.92. The smallest absolute Gasteiger partial charge is 0.255 e. The molecule has 1 amide bonds. The first kappa shape index (κ1) is 12.6. The molecule has 2 rings (SSSR count). The summed E-state index contributed by atoms with van der Waals surface area (Å²) in [5.41, 5.74) is 8.65. The fourth-order valence-corrected chi connectivity index (χ4v) is 1.97. The van der Waals surface area contributed by atoms with Crippen molar-refractivity contribution in [1.82, 2.24) is 0 Å². The molecule has 0 heterocycles. The number of aryl methyl sites for hydroxylation is 1. The lowest BCUT2D eigenvalue weighted by atomic mass is 10.1. The summed E-state index contributed by atoms with van der Waals surface area (Å²) < 4.78 is 0.803. The van der Waals surface area contributed by atoms with Crippen LogP contribution in [0.3, 0.4) is 0 Å². The molecule has 0 aromatic heterocycles. The molecule has 3 nitrogen and oxygen atoms in total. The van der Waals surface area contributed by atoms with E-state index in [2.05, 4.69) is 21.2 Å². The summed E-state index contributed by atoms with van der Waals surface area (Å²) in [4.78, 5) is 12.1. The molecule has 0 radical (unpaired) electrons. The van der Waals surface area contributed by atoms with Gasteiger partial charge in [-0.2, -0.15) is 0 Å². The number of amides is 1. The van der Waals surface area contributed by atoms with E-state index in [9.17, 15) is 4.79 Å². The first-order valence-corrected chi connectivity index (χ1v) is 6.28. The van der Waals surface area contributed by atoms with Gasteiger partial charge in [0.25, 0.3) is 5.91 Å². The van der Waals surface area contributed by atoms with Crippen LogP contribution in [0.5, 0.6) is 0 Å². The lowest BCUT2D eigenvalue weighted by Gasteiger charge is -2.08. The molecule has 0 fully saturated rings. The molecule has 3 N–H and O–H groups in total. The van der Waals surface area contributed by atoms with Crippen molar-refractivity contribution < 1.29 is 4.79 Å². The van der Waals surface area contributed by atoms with Crippen LogP contribution in [-0.4, -0.2) is 5.91 Å². The number of rotatable bonds is 2. The van der Waals surface area contributed by atoms with E-state index in [0.29, 0.717) is 16.9 Å². The molecule has 0 aliphatic rings. The maximum absolute atomic E-state index is 12.1. The molecule has 18 heavy (non-hydrogen) atoms. The Balaban J connectivity index is 2.24. The van der Waals surface area contributed by atoms with E-state index in [1.54, 1.807) is 24.3 Å². The SMILES string of the molecule is Cc1cccc(C(=O)Nc2cc(N)ccc2Br)c1. The number of hydrogen-bond acceptors (Lipinski definition) is 2. The summed E-state index contributed by atoms with van der Waals surface area (Å²) in [5, 5.41) is 2.83. The van der Waals surface area contributed by atoms with Crippen LogP contribution >= 0.6 is 15.9 Å². The van der Waals surface area contributed by atoms with Crippen molar-refractivity contribution in [3.05, 3.63) is 58.1 Å². The molecule has 0 spiro atoms. The summed E-state index contributed by atoms with van der Waals surface area (Å²) in [5.74, 6) is -0.148. The second kappa shape index (κ2) is 5.23. The Labute approximate surface area is 114 Å². The molecule has 0 saturated carbocycles. The Morgan fingerprint density at radius 3 is 2.72 bits per heavy atom. The topological polar surface area (TPSA) is 55.1 Å². The van der Waals surface area contributed by atoms with E-state index in [0.717, 1.165) is 10.0 Å². The van der Waals surface area contributed by atoms with Crippen molar-refractivity contribution in [2.75, 3.05) is 11.1 Å². The number of carbonyl (C=O) groups is 1. The molecule has 4 heteroatoms. The van der Waals surface area contributed by atoms with Crippen molar-refractivity contribution in [3.63, 3.8) is 0 Å². The summed E-state index contributed by atoms with van der Waals surface area (Å²) >= 11 is 3.38. The van der Waals surface area contributed by atoms with Gasteiger partial charge in [-0.15, -0.1) is 0 Å². The van der Waals surface area contributed by atoms with E-state index in [1.807, 2.05) is 25.1 Å². The molecule has 0 aliphatic heterocycles. The third kappa shape index (κ3) is 2.90. The zero-order chi connectivity index (χ0) is 13.1. The highest BCUT2D eigenvalue weighted by atomic mass is 79.9. The van der Waals surface area contributed by atoms with Gasteiger partial charge in [-0.1, -0.05) is 17.7 Å². The van der Waals surface area contributed by atoms with Gasteiger partial charge in [0, 0.05) is 15.7 Å². The summed E-state index contributed by atoms with van der Waals surface area (Å²) in [7, 11) is 0. The molecule has 0 saturated heterocycles. The Hall–Kier alpha value is -1.81. The predicted octanol–water partition coefficient (Wildman–Crippen LogP) is 3.59. The molecule has 2 aromatic carbocycles. The fraction of sp³-hybridized carbons (Fsp3) is 0.0714. The van der Waals surface area contributed by atoms with Crippen LogP contribution in [-0.2, 0) is 0 Å². The largest absolute Gasteiger partial charge is 0.399 e. The van der Waals surface area contributed by atoms with Crippen molar-refractivity contribution >= 4 is 33.2 Å². The van der Waals surface area contributed by atoms with Crippen LogP contribution in [0.1, 0.15) is 15.9 Å². The van der Waals surface area contributed by atoms with Gasteiger partial charge in [-0.3, -0.25) is 4.79 Å². The molecule has 2 aromatic rings. The van der Waals surface area contributed by atoms with Gasteiger partial charge < -0.3 is 11.1 Å². The molecular weight excluding hydrogens is 292 g/mol. The molecule has 0 atom stereocenters. The first-order valence-electron chi connectivity index (χ1n) is 5.49. The third-order valence-electron chi connectivity index (χ3n) is 2.52. The molecule has 0 aliphatic carbocycles. The monoisotopic (exact) mass is 304 g/mol. The van der Waals surface area contributed by atoms with Gasteiger partial charge in [0.15, 0.2) is 0 Å². The number of benzene rings is 2. The van der Waals surface area contributed by atoms with E-state index in [4.69, 9.17) is 5.73 Å². The van der Waals surface area contributed by atoms with E-state index < -0.39 is 0 Å². The van der Waals surface area contributed by atoms with Crippen LogP contribution in [0.15, 0.2) is 46.9 Å². The number of nitrogen functional groups attached to an aromatic ring is 1. The van der Waals surface area contributed by atoms with Crippen molar-refractivity contribution in [2.24, 2.45) is 0 Å². The standard InChI is InChI=1S/C14H13BrN2O/c1-9-3-2-4-10(7-9)14(18)17-13-8-11(16)5-6-12(13)15/h2-8H,16H2,1H3,(H,17,18). The van der Waals surface area contributed by atoms with Crippen LogP contribution in [0.2, 0.25) is 0 Å². The lowest BCUT2D eigenvalue weighted by Crippen LogP contribution is -2.12. The maximum Gasteiger partial charge on any atom is 0.255 e. The molecule has 92 valence electrons. The number of halogens is 1.